The van der Waals surface area contributed by atoms with Gasteiger partial charge >= 0.3 is 11.5 Å². The van der Waals surface area contributed by atoms with Gasteiger partial charge in [0.2, 0.25) is 0 Å². The predicted octanol–water partition coefficient (Wildman–Crippen LogP) is 3.11. The first-order chi connectivity index (χ1) is 8.24. The van der Waals surface area contributed by atoms with Gasteiger partial charge in [0, 0.05) is 4.90 Å². The molecule has 0 aliphatic rings. The van der Waals surface area contributed by atoms with Crippen molar-refractivity contribution in [2.75, 3.05) is 0 Å². The third kappa shape index (κ3) is 3.67. The molecule has 1 rings (SSSR count). The number of alkyl halides is 3. The van der Waals surface area contributed by atoms with Crippen LogP contribution in [0.15, 0.2) is 17.0 Å². The van der Waals surface area contributed by atoms with E-state index in [1.807, 2.05) is 0 Å². The molecule has 0 heterocycles. The Morgan fingerprint density at radius 3 is 2.56 bits per heavy atom. The second-order valence-corrected chi connectivity index (χ2v) is 4.57. The number of carboxylic acids is 1. The molecule has 0 fully saturated rings. The Hall–Kier alpha value is -1.68. The van der Waals surface area contributed by atoms with Crippen molar-refractivity contribution in [1.29, 1.82) is 5.26 Å². The number of benzene rings is 1. The van der Waals surface area contributed by atoms with Crippen LogP contribution in [0.2, 0.25) is 0 Å². The molecule has 0 bridgehead atoms. The van der Waals surface area contributed by atoms with Crippen molar-refractivity contribution in [2.45, 2.75) is 23.7 Å². The van der Waals surface area contributed by atoms with E-state index in [0.717, 1.165) is 0 Å². The minimum atomic E-state index is -4.52. The van der Waals surface area contributed by atoms with Crippen LogP contribution < -0.4 is 0 Å². The number of hydrogen-bond donors (Lipinski definition) is 1. The van der Waals surface area contributed by atoms with E-state index >= 15 is 0 Å². The van der Waals surface area contributed by atoms with Crippen LogP contribution in [0.4, 0.5) is 13.2 Å². The van der Waals surface area contributed by atoms with E-state index in [-0.39, 0.29) is 16.0 Å². The number of halogens is 3. The van der Waals surface area contributed by atoms with Crippen LogP contribution >= 0.6 is 11.8 Å². The third-order valence-electron chi connectivity index (χ3n) is 2.14. The summed E-state index contributed by atoms with van der Waals surface area (Å²) in [4.78, 5) is 10.4. The van der Waals surface area contributed by atoms with Crippen LogP contribution in [-0.4, -0.2) is 16.6 Å². The van der Waals surface area contributed by atoms with Crippen LogP contribution in [0.25, 0.3) is 0 Å². The average molecular weight is 275 g/mol. The standard InChI is InChI=1S/C11H8F3NO2S/c1-6-2-3-9(18-11(12,13)14)7(4-10(16)17)8(6)5-15/h2-3H,4H2,1H3,(H,16,17). The lowest BCUT2D eigenvalue weighted by atomic mass is 10.0. The lowest BCUT2D eigenvalue weighted by Crippen LogP contribution is -2.08. The Labute approximate surface area is 105 Å². The summed E-state index contributed by atoms with van der Waals surface area (Å²) in [6.07, 6.45) is -0.608. The number of carboxylic acid groups (broad SMARTS) is 1. The fraction of sp³-hybridized carbons (Fsp3) is 0.273. The van der Waals surface area contributed by atoms with E-state index in [1.54, 1.807) is 13.0 Å². The third-order valence-corrected chi connectivity index (χ3v) is 2.98. The maximum absolute atomic E-state index is 12.3. The summed E-state index contributed by atoms with van der Waals surface area (Å²) < 4.78 is 37.0. The van der Waals surface area contributed by atoms with E-state index in [4.69, 9.17) is 10.4 Å². The number of aliphatic carboxylic acids is 1. The van der Waals surface area contributed by atoms with E-state index < -0.39 is 29.7 Å². The minimum absolute atomic E-state index is 0.00773. The molecule has 3 nitrogen and oxygen atoms in total. The first-order valence-corrected chi connectivity index (χ1v) is 5.56. The maximum Gasteiger partial charge on any atom is 0.446 e. The van der Waals surface area contributed by atoms with Crippen molar-refractivity contribution in [3.8, 4) is 6.07 Å². The Balaban J connectivity index is 3.34. The first kappa shape index (κ1) is 14.4. The lowest BCUT2D eigenvalue weighted by molar-refractivity contribution is -0.136. The Morgan fingerprint density at radius 1 is 1.50 bits per heavy atom. The molecule has 1 N–H and O–H groups in total. The molecule has 18 heavy (non-hydrogen) atoms. The molecule has 0 saturated heterocycles. The van der Waals surface area contributed by atoms with Crippen LogP contribution in [0.5, 0.6) is 0 Å². The summed E-state index contributed by atoms with van der Waals surface area (Å²) >= 11 is -0.407. The fourth-order valence-corrected chi connectivity index (χ4v) is 2.13. The molecule has 0 radical (unpaired) electrons. The van der Waals surface area contributed by atoms with Gasteiger partial charge in [0.15, 0.2) is 0 Å². The second-order valence-electron chi connectivity index (χ2n) is 3.46. The molecular formula is C11H8F3NO2S. The highest BCUT2D eigenvalue weighted by atomic mass is 32.2. The first-order valence-electron chi connectivity index (χ1n) is 4.74. The van der Waals surface area contributed by atoms with Gasteiger partial charge in [-0.3, -0.25) is 4.79 Å². The Kier molecular flexibility index (Phi) is 4.24. The smallest absolute Gasteiger partial charge is 0.446 e. The van der Waals surface area contributed by atoms with Gasteiger partial charge in [-0.25, -0.2) is 0 Å². The summed E-state index contributed by atoms with van der Waals surface area (Å²) in [7, 11) is 0. The minimum Gasteiger partial charge on any atom is -0.481 e. The molecule has 0 aromatic heterocycles. The SMILES string of the molecule is Cc1ccc(SC(F)(F)F)c(CC(=O)O)c1C#N. The summed E-state index contributed by atoms with van der Waals surface area (Å²) in [5.41, 5.74) is -4.16. The highest BCUT2D eigenvalue weighted by molar-refractivity contribution is 8.00. The van der Waals surface area contributed by atoms with Gasteiger partial charge in [-0.15, -0.1) is 0 Å². The van der Waals surface area contributed by atoms with Crippen LogP contribution in [0.1, 0.15) is 16.7 Å². The van der Waals surface area contributed by atoms with E-state index in [1.165, 1.54) is 12.1 Å². The fourth-order valence-electron chi connectivity index (χ4n) is 1.45. The molecule has 0 aliphatic carbocycles. The molecule has 0 aliphatic heterocycles. The second kappa shape index (κ2) is 5.31. The molecule has 7 heteroatoms. The van der Waals surface area contributed by atoms with Crippen molar-refractivity contribution in [3.63, 3.8) is 0 Å². The van der Waals surface area contributed by atoms with Gasteiger partial charge in [0.05, 0.1) is 18.1 Å². The van der Waals surface area contributed by atoms with Crippen molar-refractivity contribution in [2.24, 2.45) is 0 Å². The van der Waals surface area contributed by atoms with Crippen LogP contribution in [0, 0.1) is 18.3 Å². The number of rotatable bonds is 3. The van der Waals surface area contributed by atoms with Crippen LogP contribution in [0.3, 0.4) is 0 Å². The molecule has 0 atom stereocenters. The molecule has 1 aromatic carbocycles. The summed E-state index contributed by atoms with van der Waals surface area (Å²) in [6, 6.07) is 4.31. The van der Waals surface area contributed by atoms with E-state index in [0.29, 0.717) is 5.56 Å². The van der Waals surface area contributed by atoms with Gasteiger partial charge in [0.1, 0.15) is 0 Å². The molecule has 1 aromatic rings. The molecule has 96 valence electrons. The Morgan fingerprint density at radius 2 is 2.11 bits per heavy atom. The zero-order chi connectivity index (χ0) is 13.9. The van der Waals surface area contributed by atoms with E-state index in [9.17, 15) is 18.0 Å². The number of carbonyl (C=O) groups is 1. The van der Waals surface area contributed by atoms with Crippen LogP contribution in [-0.2, 0) is 11.2 Å². The maximum atomic E-state index is 12.3. The lowest BCUT2D eigenvalue weighted by Gasteiger charge is -2.12. The highest BCUT2D eigenvalue weighted by Gasteiger charge is 2.31. The molecule has 0 amide bonds. The van der Waals surface area contributed by atoms with Crippen molar-refractivity contribution >= 4 is 17.7 Å². The largest absolute Gasteiger partial charge is 0.481 e. The van der Waals surface area contributed by atoms with Crippen molar-refractivity contribution in [1.82, 2.24) is 0 Å². The highest BCUT2D eigenvalue weighted by Crippen LogP contribution is 2.40. The quantitative estimate of drug-likeness (QED) is 0.861. The summed E-state index contributed by atoms with van der Waals surface area (Å²) in [6.45, 7) is 1.55. The zero-order valence-corrected chi connectivity index (χ0v) is 10.0. The predicted molar refractivity (Wildman–Crippen MR) is 59.1 cm³/mol. The van der Waals surface area contributed by atoms with Gasteiger partial charge < -0.3 is 5.11 Å². The number of nitriles is 1. The Bertz CT molecular complexity index is 520. The number of aryl methyl sites for hydroxylation is 1. The number of nitrogens with zero attached hydrogens (tertiary/aromatic N) is 1. The molecule has 0 spiro atoms. The molecule has 0 unspecified atom stereocenters. The van der Waals surface area contributed by atoms with E-state index in [2.05, 4.69) is 0 Å². The van der Waals surface area contributed by atoms with Gasteiger partial charge in [0.25, 0.3) is 0 Å². The monoisotopic (exact) mass is 275 g/mol. The average Bonchev–Trinajstić information content (AvgIpc) is 2.20. The summed E-state index contributed by atoms with van der Waals surface area (Å²) in [5.74, 6) is -1.28. The normalized spacial score (nSPS) is 11.1. The molecular weight excluding hydrogens is 267 g/mol. The summed E-state index contributed by atoms with van der Waals surface area (Å²) in [5, 5.41) is 17.6. The number of hydrogen-bond acceptors (Lipinski definition) is 3. The number of thioether (sulfide) groups is 1. The zero-order valence-electron chi connectivity index (χ0n) is 9.21. The van der Waals surface area contributed by atoms with Gasteiger partial charge in [-0.2, -0.15) is 18.4 Å². The van der Waals surface area contributed by atoms with Gasteiger partial charge in [-0.05, 0) is 35.9 Å². The topological polar surface area (TPSA) is 61.1 Å². The molecule has 0 saturated carbocycles. The van der Waals surface area contributed by atoms with Crippen molar-refractivity contribution < 1.29 is 23.1 Å². The van der Waals surface area contributed by atoms with Gasteiger partial charge in [-0.1, -0.05) is 6.07 Å². The van der Waals surface area contributed by atoms with Crippen molar-refractivity contribution in [3.05, 3.63) is 28.8 Å².